The van der Waals surface area contributed by atoms with Crippen molar-refractivity contribution in [2.45, 2.75) is 26.4 Å². The smallest absolute Gasteiger partial charge is 0.261 e. The molecule has 0 fully saturated rings. The molecule has 0 saturated heterocycles. The SMILES string of the molecule is CNC(=O)C(C)N(Cc1cccc(C)c1)C(=O)COc1ccc(OC)cc1. The van der Waals surface area contributed by atoms with Crippen molar-refractivity contribution in [2.24, 2.45) is 0 Å². The Balaban J connectivity index is 2.10. The van der Waals surface area contributed by atoms with Gasteiger partial charge < -0.3 is 19.7 Å². The number of ether oxygens (including phenoxy) is 2. The molecule has 1 unspecified atom stereocenters. The summed E-state index contributed by atoms with van der Waals surface area (Å²) in [5.41, 5.74) is 2.06. The van der Waals surface area contributed by atoms with Crippen molar-refractivity contribution in [2.75, 3.05) is 20.8 Å². The fourth-order valence-corrected chi connectivity index (χ4v) is 2.70. The van der Waals surface area contributed by atoms with Crippen molar-refractivity contribution in [3.8, 4) is 11.5 Å². The van der Waals surface area contributed by atoms with Gasteiger partial charge in [0.15, 0.2) is 6.61 Å². The maximum absolute atomic E-state index is 12.8. The van der Waals surface area contributed by atoms with Gasteiger partial charge >= 0.3 is 0 Å². The summed E-state index contributed by atoms with van der Waals surface area (Å²) in [7, 11) is 3.14. The van der Waals surface area contributed by atoms with Crippen LogP contribution in [0.15, 0.2) is 48.5 Å². The Kier molecular flexibility index (Phi) is 7.23. The molecule has 0 heterocycles. The third kappa shape index (κ3) is 5.74. The predicted molar refractivity (Wildman–Crippen MR) is 104 cm³/mol. The summed E-state index contributed by atoms with van der Waals surface area (Å²) in [6.07, 6.45) is 0. The molecule has 1 atom stereocenters. The Labute approximate surface area is 160 Å². The molecule has 2 aromatic carbocycles. The first-order valence-corrected chi connectivity index (χ1v) is 8.78. The fourth-order valence-electron chi connectivity index (χ4n) is 2.70. The lowest BCUT2D eigenvalue weighted by Gasteiger charge is -2.28. The van der Waals surface area contributed by atoms with Crippen molar-refractivity contribution < 1.29 is 19.1 Å². The molecule has 0 aliphatic rings. The topological polar surface area (TPSA) is 67.9 Å². The van der Waals surface area contributed by atoms with E-state index >= 15 is 0 Å². The minimum atomic E-state index is -0.609. The molecule has 0 saturated carbocycles. The van der Waals surface area contributed by atoms with Crippen LogP contribution in [0, 0.1) is 6.92 Å². The average molecular weight is 370 g/mol. The molecular formula is C21H26N2O4. The number of amides is 2. The van der Waals surface area contributed by atoms with Gasteiger partial charge in [-0.1, -0.05) is 29.8 Å². The standard InChI is InChI=1S/C21H26N2O4/c1-15-6-5-7-17(12-15)13-23(16(2)21(25)22-3)20(24)14-27-19-10-8-18(26-4)9-11-19/h5-12,16H,13-14H2,1-4H3,(H,22,25). The zero-order valence-electron chi connectivity index (χ0n) is 16.2. The van der Waals surface area contributed by atoms with Crippen molar-refractivity contribution >= 4 is 11.8 Å². The van der Waals surface area contributed by atoms with Gasteiger partial charge in [-0.15, -0.1) is 0 Å². The van der Waals surface area contributed by atoms with Crippen molar-refractivity contribution in [3.63, 3.8) is 0 Å². The normalized spacial score (nSPS) is 11.4. The van der Waals surface area contributed by atoms with E-state index in [1.807, 2.05) is 31.2 Å². The minimum Gasteiger partial charge on any atom is -0.497 e. The lowest BCUT2D eigenvalue weighted by atomic mass is 10.1. The maximum atomic E-state index is 12.8. The van der Waals surface area contributed by atoms with E-state index in [1.54, 1.807) is 45.3 Å². The summed E-state index contributed by atoms with van der Waals surface area (Å²) in [6, 6.07) is 14.3. The summed E-state index contributed by atoms with van der Waals surface area (Å²) in [5.74, 6) is 0.791. The molecule has 0 aromatic heterocycles. The molecule has 0 spiro atoms. The van der Waals surface area contributed by atoms with Crippen LogP contribution in [0.1, 0.15) is 18.1 Å². The third-order valence-electron chi connectivity index (χ3n) is 4.27. The monoisotopic (exact) mass is 370 g/mol. The lowest BCUT2D eigenvalue weighted by molar-refractivity contribution is -0.142. The molecule has 0 bridgehead atoms. The Morgan fingerprint density at radius 2 is 1.78 bits per heavy atom. The maximum Gasteiger partial charge on any atom is 0.261 e. The number of nitrogens with one attached hydrogen (secondary N) is 1. The highest BCUT2D eigenvalue weighted by Crippen LogP contribution is 2.17. The highest BCUT2D eigenvalue weighted by Gasteiger charge is 2.25. The van der Waals surface area contributed by atoms with Gasteiger partial charge in [0.25, 0.3) is 5.91 Å². The van der Waals surface area contributed by atoms with E-state index in [-0.39, 0.29) is 18.4 Å². The number of methoxy groups -OCH3 is 1. The summed E-state index contributed by atoms with van der Waals surface area (Å²) in [6.45, 7) is 3.88. The molecule has 0 aliphatic heterocycles. The first kappa shape index (κ1) is 20.3. The molecule has 2 amide bonds. The van der Waals surface area contributed by atoms with Gasteiger partial charge in [-0.25, -0.2) is 0 Å². The Morgan fingerprint density at radius 3 is 2.37 bits per heavy atom. The van der Waals surface area contributed by atoms with Crippen LogP contribution in [0.3, 0.4) is 0 Å². The number of nitrogens with zero attached hydrogens (tertiary/aromatic N) is 1. The molecule has 6 heteroatoms. The van der Waals surface area contributed by atoms with Gasteiger partial charge in [-0.05, 0) is 43.7 Å². The van der Waals surface area contributed by atoms with Gasteiger partial charge in [0.2, 0.25) is 5.91 Å². The minimum absolute atomic E-state index is 0.153. The van der Waals surface area contributed by atoms with Crippen LogP contribution in [0.25, 0.3) is 0 Å². The van der Waals surface area contributed by atoms with E-state index in [9.17, 15) is 9.59 Å². The molecule has 6 nitrogen and oxygen atoms in total. The highest BCUT2D eigenvalue weighted by molar-refractivity contribution is 5.87. The molecular weight excluding hydrogens is 344 g/mol. The van der Waals surface area contributed by atoms with E-state index in [1.165, 1.54) is 4.90 Å². The van der Waals surface area contributed by atoms with Crippen LogP contribution in [0.4, 0.5) is 0 Å². The highest BCUT2D eigenvalue weighted by atomic mass is 16.5. The first-order valence-electron chi connectivity index (χ1n) is 8.78. The molecule has 2 aromatic rings. The molecule has 0 radical (unpaired) electrons. The summed E-state index contributed by atoms with van der Waals surface area (Å²) < 4.78 is 10.7. The van der Waals surface area contributed by atoms with Crippen LogP contribution in [-0.2, 0) is 16.1 Å². The van der Waals surface area contributed by atoms with Crippen LogP contribution in [-0.4, -0.2) is 43.5 Å². The second-order valence-corrected chi connectivity index (χ2v) is 6.27. The number of carbonyl (C=O) groups excluding carboxylic acids is 2. The number of hydrogen-bond donors (Lipinski definition) is 1. The van der Waals surface area contributed by atoms with E-state index in [4.69, 9.17) is 9.47 Å². The van der Waals surface area contributed by atoms with E-state index in [2.05, 4.69) is 5.32 Å². The Bertz CT molecular complexity index is 774. The molecule has 2 rings (SSSR count). The Hall–Kier alpha value is -3.02. The van der Waals surface area contributed by atoms with Crippen LogP contribution in [0.5, 0.6) is 11.5 Å². The van der Waals surface area contributed by atoms with E-state index in [0.717, 1.165) is 11.1 Å². The summed E-state index contributed by atoms with van der Waals surface area (Å²) in [5, 5.41) is 2.60. The number of likely N-dealkylation sites (N-methyl/N-ethyl adjacent to an activating group) is 1. The third-order valence-corrected chi connectivity index (χ3v) is 4.27. The number of aryl methyl sites for hydroxylation is 1. The largest absolute Gasteiger partial charge is 0.497 e. The predicted octanol–water partition coefficient (Wildman–Crippen LogP) is 2.55. The zero-order valence-corrected chi connectivity index (χ0v) is 16.2. The van der Waals surface area contributed by atoms with E-state index in [0.29, 0.717) is 18.0 Å². The fraction of sp³-hybridized carbons (Fsp3) is 0.333. The second-order valence-electron chi connectivity index (χ2n) is 6.27. The van der Waals surface area contributed by atoms with Gasteiger partial charge in [0.05, 0.1) is 7.11 Å². The molecule has 1 N–H and O–H groups in total. The van der Waals surface area contributed by atoms with Crippen LogP contribution >= 0.6 is 0 Å². The summed E-state index contributed by atoms with van der Waals surface area (Å²) in [4.78, 5) is 26.4. The van der Waals surface area contributed by atoms with E-state index < -0.39 is 6.04 Å². The number of hydrogen-bond acceptors (Lipinski definition) is 4. The van der Waals surface area contributed by atoms with Gasteiger partial charge in [0.1, 0.15) is 17.5 Å². The zero-order chi connectivity index (χ0) is 19.8. The summed E-state index contributed by atoms with van der Waals surface area (Å²) >= 11 is 0. The average Bonchev–Trinajstić information content (AvgIpc) is 2.69. The molecule has 0 aliphatic carbocycles. The lowest BCUT2D eigenvalue weighted by Crippen LogP contribution is -2.48. The first-order chi connectivity index (χ1) is 12.9. The van der Waals surface area contributed by atoms with Crippen molar-refractivity contribution in [1.29, 1.82) is 0 Å². The van der Waals surface area contributed by atoms with Crippen LogP contribution in [0.2, 0.25) is 0 Å². The number of benzene rings is 2. The molecule has 144 valence electrons. The molecule has 27 heavy (non-hydrogen) atoms. The quantitative estimate of drug-likeness (QED) is 0.775. The van der Waals surface area contributed by atoms with Crippen molar-refractivity contribution in [1.82, 2.24) is 10.2 Å². The van der Waals surface area contributed by atoms with Gasteiger partial charge in [0, 0.05) is 13.6 Å². The number of carbonyl (C=O) groups is 2. The van der Waals surface area contributed by atoms with Crippen LogP contribution < -0.4 is 14.8 Å². The van der Waals surface area contributed by atoms with Gasteiger partial charge in [-0.2, -0.15) is 0 Å². The Morgan fingerprint density at radius 1 is 1.11 bits per heavy atom. The second kappa shape index (κ2) is 9.62. The van der Waals surface area contributed by atoms with Crippen molar-refractivity contribution in [3.05, 3.63) is 59.7 Å². The number of rotatable bonds is 8. The van der Waals surface area contributed by atoms with Gasteiger partial charge in [-0.3, -0.25) is 9.59 Å².